The van der Waals surface area contributed by atoms with Gasteiger partial charge in [0.1, 0.15) is 0 Å². The van der Waals surface area contributed by atoms with Crippen molar-refractivity contribution in [1.29, 1.82) is 0 Å². The summed E-state index contributed by atoms with van der Waals surface area (Å²) >= 11 is 0. The number of methoxy groups -OCH3 is 1. The minimum absolute atomic E-state index is 0.282. The van der Waals surface area contributed by atoms with E-state index >= 15 is 0 Å². The summed E-state index contributed by atoms with van der Waals surface area (Å²) in [7, 11) is 1.73. The van der Waals surface area contributed by atoms with Crippen molar-refractivity contribution < 1.29 is 4.74 Å². The fourth-order valence-corrected chi connectivity index (χ4v) is 3.11. The van der Waals surface area contributed by atoms with E-state index in [0.29, 0.717) is 12.6 Å². The van der Waals surface area contributed by atoms with Crippen molar-refractivity contribution in [3.63, 3.8) is 0 Å². The first-order chi connectivity index (χ1) is 9.22. The standard InChI is InChI=1S/C15H27N3O/c1-12(11-19-3)17-15-16-9-10-18(15)13(2)14-7-5-4-6-8-14/h9-10,12-14H,4-8,11H2,1-3H3,(H,16,17). The Labute approximate surface area is 116 Å². The molecule has 2 atom stereocenters. The Morgan fingerprint density at radius 3 is 2.79 bits per heavy atom. The third-order valence-corrected chi connectivity index (χ3v) is 4.23. The molecule has 2 unspecified atom stereocenters. The number of nitrogens with zero attached hydrogens (tertiary/aromatic N) is 2. The first-order valence-corrected chi connectivity index (χ1v) is 7.50. The van der Waals surface area contributed by atoms with Crippen LogP contribution in [0.25, 0.3) is 0 Å². The van der Waals surface area contributed by atoms with Gasteiger partial charge in [0.2, 0.25) is 5.95 Å². The van der Waals surface area contributed by atoms with Crippen LogP contribution in [0.15, 0.2) is 12.4 Å². The molecule has 1 saturated carbocycles. The van der Waals surface area contributed by atoms with E-state index in [1.807, 2.05) is 6.20 Å². The maximum Gasteiger partial charge on any atom is 0.203 e. The van der Waals surface area contributed by atoms with Crippen LogP contribution >= 0.6 is 0 Å². The highest BCUT2D eigenvalue weighted by Gasteiger charge is 2.23. The number of rotatable bonds is 6. The second kappa shape index (κ2) is 6.94. The maximum atomic E-state index is 5.17. The van der Waals surface area contributed by atoms with Gasteiger partial charge in [-0.05, 0) is 32.6 Å². The summed E-state index contributed by atoms with van der Waals surface area (Å²) in [5.41, 5.74) is 0. The van der Waals surface area contributed by atoms with Crippen molar-refractivity contribution in [2.75, 3.05) is 19.0 Å². The fraction of sp³-hybridized carbons (Fsp3) is 0.800. The van der Waals surface area contributed by atoms with Crippen molar-refractivity contribution in [3.05, 3.63) is 12.4 Å². The molecule has 1 aromatic rings. The summed E-state index contributed by atoms with van der Waals surface area (Å²) in [6.45, 7) is 5.14. The van der Waals surface area contributed by atoms with Crippen LogP contribution in [0.1, 0.15) is 52.0 Å². The fourth-order valence-electron chi connectivity index (χ4n) is 3.11. The zero-order valence-corrected chi connectivity index (χ0v) is 12.4. The molecule has 0 amide bonds. The SMILES string of the molecule is COCC(C)Nc1nccn1C(C)C1CCCCC1. The summed E-state index contributed by atoms with van der Waals surface area (Å²) in [4.78, 5) is 4.45. The second-order valence-electron chi connectivity index (χ2n) is 5.80. The Hall–Kier alpha value is -1.03. The highest BCUT2D eigenvalue weighted by Crippen LogP contribution is 2.33. The molecule has 2 rings (SSSR count). The number of hydrogen-bond acceptors (Lipinski definition) is 3. The third-order valence-electron chi connectivity index (χ3n) is 4.23. The topological polar surface area (TPSA) is 39.1 Å². The molecule has 1 aliphatic carbocycles. The molecule has 0 saturated heterocycles. The highest BCUT2D eigenvalue weighted by atomic mass is 16.5. The lowest BCUT2D eigenvalue weighted by molar-refractivity contribution is 0.189. The van der Waals surface area contributed by atoms with Gasteiger partial charge in [-0.25, -0.2) is 4.98 Å². The van der Waals surface area contributed by atoms with Crippen LogP contribution in [0.3, 0.4) is 0 Å². The van der Waals surface area contributed by atoms with Crippen LogP contribution in [0.4, 0.5) is 5.95 Å². The van der Waals surface area contributed by atoms with Gasteiger partial charge in [-0.1, -0.05) is 19.3 Å². The molecule has 0 spiro atoms. The number of imidazole rings is 1. The van der Waals surface area contributed by atoms with Crippen LogP contribution in [-0.2, 0) is 4.74 Å². The molecule has 108 valence electrons. The summed E-state index contributed by atoms with van der Waals surface area (Å²) < 4.78 is 7.46. The lowest BCUT2D eigenvalue weighted by Gasteiger charge is -2.30. The Bertz CT molecular complexity index is 371. The second-order valence-corrected chi connectivity index (χ2v) is 5.80. The molecule has 0 aromatic carbocycles. The Kier molecular flexibility index (Phi) is 5.25. The van der Waals surface area contributed by atoms with Crippen molar-refractivity contribution in [2.24, 2.45) is 5.92 Å². The van der Waals surface area contributed by atoms with Crippen molar-refractivity contribution in [1.82, 2.24) is 9.55 Å². The highest BCUT2D eigenvalue weighted by molar-refractivity contribution is 5.28. The molecule has 1 N–H and O–H groups in total. The number of ether oxygens (including phenoxy) is 1. The Balaban J connectivity index is 2.01. The van der Waals surface area contributed by atoms with Crippen LogP contribution in [0, 0.1) is 5.92 Å². The molecule has 1 aliphatic rings. The number of anilines is 1. The van der Waals surface area contributed by atoms with E-state index in [1.54, 1.807) is 7.11 Å². The summed E-state index contributed by atoms with van der Waals surface area (Å²) in [6, 6.07) is 0.810. The molecule has 4 nitrogen and oxygen atoms in total. The molecule has 1 fully saturated rings. The zero-order chi connectivity index (χ0) is 13.7. The smallest absolute Gasteiger partial charge is 0.203 e. The number of hydrogen-bond donors (Lipinski definition) is 1. The van der Waals surface area contributed by atoms with Gasteiger partial charge in [-0.15, -0.1) is 0 Å². The average Bonchev–Trinajstić information content (AvgIpc) is 2.87. The quantitative estimate of drug-likeness (QED) is 0.856. The van der Waals surface area contributed by atoms with E-state index in [1.165, 1.54) is 32.1 Å². The van der Waals surface area contributed by atoms with Gasteiger partial charge < -0.3 is 14.6 Å². The van der Waals surface area contributed by atoms with Crippen molar-refractivity contribution in [3.8, 4) is 0 Å². The lowest BCUT2D eigenvalue weighted by Crippen LogP contribution is -2.26. The molecule has 4 heteroatoms. The normalized spacial score (nSPS) is 20.2. The molecule has 19 heavy (non-hydrogen) atoms. The van der Waals surface area contributed by atoms with Gasteiger partial charge in [-0.3, -0.25) is 0 Å². The Morgan fingerprint density at radius 1 is 1.37 bits per heavy atom. The first-order valence-electron chi connectivity index (χ1n) is 7.50. The van der Waals surface area contributed by atoms with Gasteiger partial charge in [-0.2, -0.15) is 0 Å². The van der Waals surface area contributed by atoms with Crippen LogP contribution in [0.5, 0.6) is 0 Å². The minimum Gasteiger partial charge on any atom is -0.383 e. The van der Waals surface area contributed by atoms with Crippen LogP contribution < -0.4 is 5.32 Å². The minimum atomic E-state index is 0.282. The van der Waals surface area contributed by atoms with E-state index in [0.717, 1.165) is 11.9 Å². The molecule has 1 aromatic heterocycles. The molecular formula is C15H27N3O. The maximum absolute atomic E-state index is 5.17. The third kappa shape index (κ3) is 3.72. The average molecular weight is 265 g/mol. The van der Waals surface area contributed by atoms with E-state index in [-0.39, 0.29) is 6.04 Å². The predicted molar refractivity (Wildman–Crippen MR) is 78.5 cm³/mol. The van der Waals surface area contributed by atoms with E-state index in [9.17, 15) is 0 Å². The van der Waals surface area contributed by atoms with E-state index in [4.69, 9.17) is 4.74 Å². The van der Waals surface area contributed by atoms with Crippen molar-refractivity contribution >= 4 is 5.95 Å². The van der Waals surface area contributed by atoms with Gasteiger partial charge in [0.25, 0.3) is 0 Å². The van der Waals surface area contributed by atoms with Crippen LogP contribution in [0.2, 0.25) is 0 Å². The summed E-state index contributed by atoms with van der Waals surface area (Å²) in [5, 5.41) is 3.44. The Morgan fingerprint density at radius 2 is 2.11 bits per heavy atom. The molecular weight excluding hydrogens is 238 g/mol. The van der Waals surface area contributed by atoms with Crippen molar-refractivity contribution in [2.45, 2.75) is 58.0 Å². The predicted octanol–water partition coefficient (Wildman–Crippen LogP) is 3.47. The lowest BCUT2D eigenvalue weighted by atomic mass is 9.84. The van der Waals surface area contributed by atoms with Crippen LogP contribution in [-0.4, -0.2) is 29.3 Å². The van der Waals surface area contributed by atoms with E-state index < -0.39 is 0 Å². The first kappa shape index (κ1) is 14.4. The molecule has 1 heterocycles. The number of nitrogens with one attached hydrogen (secondary N) is 1. The van der Waals surface area contributed by atoms with E-state index in [2.05, 4.69) is 34.9 Å². The number of aromatic nitrogens is 2. The molecule has 0 radical (unpaired) electrons. The van der Waals surface area contributed by atoms with Gasteiger partial charge >= 0.3 is 0 Å². The molecule has 0 aliphatic heterocycles. The monoisotopic (exact) mass is 265 g/mol. The van der Waals surface area contributed by atoms with Gasteiger partial charge in [0, 0.05) is 31.6 Å². The summed E-state index contributed by atoms with van der Waals surface area (Å²) in [5.74, 6) is 1.77. The zero-order valence-electron chi connectivity index (χ0n) is 12.4. The van der Waals surface area contributed by atoms with Gasteiger partial charge in [0.15, 0.2) is 0 Å². The largest absolute Gasteiger partial charge is 0.383 e. The molecule has 0 bridgehead atoms. The summed E-state index contributed by atoms with van der Waals surface area (Å²) in [6.07, 6.45) is 10.9. The van der Waals surface area contributed by atoms with Gasteiger partial charge in [0.05, 0.1) is 6.61 Å².